The van der Waals surface area contributed by atoms with Crippen molar-refractivity contribution in [1.82, 2.24) is 0 Å². The van der Waals surface area contributed by atoms with Gasteiger partial charge in [0.1, 0.15) is 6.10 Å². The average molecular weight is 375 g/mol. The molecule has 27 heavy (non-hydrogen) atoms. The van der Waals surface area contributed by atoms with Crippen LogP contribution < -0.4 is 5.32 Å². The maximum Gasteiger partial charge on any atom is 0.344 e. The van der Waals surface area contributed by atoms with Crippen molar-refractivity contribution in [2.45, 2.75) is 53.1 Å². The first-order valence-electron chi connectivity index (χ1n) is 9.50. The smallest absolute Gasteiger partial charge is 0.344 e. The number of benzene rings is 1. The maximum absolute atomic E-state index is 12.2. The van der Waals surface area contributed by atoms with E-state index in [4.69, 9.17) is 9.47 Å². The lowest BCUT2D eigenvalue weighted by molar-refractivity contribution is -0.159. The van der Waals surface area contributed by atoms with Crippen LogP contribution in [0.1, 0.15) is 57.3 Å². The summed E-state index contributed by atoms with van der Waals surface area (Å²) in [5.74, 6) is 0.0242. The van der Waals surface area contributed by atoms with Crippen LogP contribution in [0.5, 0.6) is 0 Å². The lowest BCUT2D eigenvalue weighted by atomic mass is 9.75. The number of amides is 1. The number of esters is 2. The minimum absolute atomic E-state index is 0.114. The quantitative estimate of drug-likeness (QED) is 0.765. The van der Waals surface area contributed by atoms with Gasteiger partial charge >= 0.3 is 11.9 Å². The van der Waals surface area contributed by atoms with Crippen LogP contribution in [0.25, 0.3) is 0 Å². The van der Waals surface area contributed by atoms with Crippen molar-refractivity contribution in [1.29, 1.82) is 0 Å². The third-order valence-electron chi connectivity index (χ3n) is 5.01. The van der Waals surface area contributed by atoms with Crippen molar-refractivity contribution in [3.63, 3.8) is 0 Å². The van der Waals surface area contributed by atoms with Gasteiger partial charge < -0.3 is 14.8 Å². The van der Waals surface area contributed by atoms with Gasteiger partial charge in [-0.25, -0.2) is 9.59 Å². The monoisotopic (exact) mass is 375 g/mol. The predicted octanol–water partition coefficient (Wildman–Crippen LogP) is 3.81. The van der Waals surface area contributed by atoms with Crippen LogP contribution >= 0.6 is 0 Å². The van der Waals surface area contributed by atoms with E-state index in [1.165, 1.54) is 19.1 Å². The molecule has 6 nitrogen and oxygen atoms in total. The molecule has 1 aliphatic rings. The third-order valence-corrected chi connectivity index (χ3v) is 5.01. The number of hydrogen-bond donors (Lipinski definition) is 1. The Kier molecular flexibility index (Phi) is 7.39. The van der Waals surface area contributed by atoms with Crippen molar-refractivity contribution in [2.24, 2.45) is 17.8 Å². The molecule has 1 fully saturated rings. The van der Waals surface area contributed by atoms with Crippen LogP contribution in [0.3, 0.4) is 0 Å². The summed E-state index contributed by atoms with van der Waals surface area (Å²) >= 11 is 0. The summed E-state index contributed by atoms with van der Waals surface area (Å²) in [7, 11) is 0. The zero-order valence-electron chi connectivity index (χ0n) is 16.5. The van der Waals surface area contributed by atoms with Gasteiger partial charge in [-0.2, -0.15) is 0 Å². The second-order valence-electron chi connectivity index (χ2n) is 7.69. The minimum atomic E-state index is -0.598. The number of carbonyl (C=O) groups excluding carboxylic acids is 3. The highest BCUT2D eigenvalue weighted by Crippen LogP contribution is 2.35. The van der Waals surface area contributed by atoms with Crippen molar-refractivity contribution in [3.8, 4) is 0 Å². The number of hydrogen-bond acceptors (Lipinski definition) is 5. The highest BCUT2D eigenvalue weighted by molar-refractivity contribution is 5.92. The van der Waals surface area contributed by atoms with Crippen LogP contribution in [-0.2, 0) is 19.1 Å². The Bertz CT molecular complexity index is 668. The number of rotatable bonds is 6. The normalized spacial score (nSPS) is 22.2. The van der Waals surface area contributed by atoms with Crippen molar-refractivity contribution < 1.29 is 23.9 Å². The summed E-state index contributed by atoms with van der Waals surface area (Å²) in [6.45, 7) is 7.47. The van der Waals surface area contributed by atoms with Gasteiger partial charge in [0.25, 0.3) is 0 Å². The van der Waals surface area contributed by atoms with Crippen LogP contribution in [0.15, 0.2) is 24.3 Å². The molecule has 1 amide bonds. The maximum atomic E-state index is 12.2. The van der Waals surface area contributed by atoms with Gasteiger partial charge in [0.15, 0.2) is 6.61 Å². The topological polar surface area (TPSA) is 81.7 Å². The van der Waals surface area contributed by atoms with Gasteiger partial charge in [0.2, 0.25) is 5.91 Å². The van der Waals surface area contributed by atoms with Crippen LogP contribution in [-0.4, -0.2) is 30.6 Å². The highest BCUT2D eigenvalue weighted by atomic mass is 16.6. The molecule has 0 bridgehead atoms. The van der Waals surface area contributed by atoms with E-state index in [1.54, 1.807) is 12.1 Å². The summed E-state index contributed by atoms with van der Waals surface area (Å²) in [4.78, 5) is 35.2. The second-order valence-corrected chi connectivity index (χ2v) is 7.69. The molecule has 1 aromatic carbocycles. The molecular weight excluding hydrogens is 346 g/mol. The highest BCUT2D eigenvalue weighted by Gasteiger charge is 2.33. The Morgan fingerprint density at radius 3 is 2.41 bits per heavy atom. The van der Waals surface area contributed by atoms with Crippen LogP contribution in [0, 0.1) is 17.8 Å². The molecule has 0 aromatic heterocycles. The van der Waals surface area contributed by atoms with E-state index in [1.807, 2.05) is 0 Å². The molecule has 0 radical (unpaired) electrons. The van der Waals surface area contributed by atoms with E-state index >= 15 is 0 Å². The van der Waals surface area contributed by atoms with Crippen LogP contribution in [0.2, 0.25) is 0 Å². The third kappa shape index (κ3) is 6.38. The fourth-order valence-corrected chi connectivity index (χ4v) is 3.55. The van der Waals surface area contributed by atoms with E-state index in [0.29, 0.717) is 29.0 Å². The van der Waals surface area contributed by atoms with E-state index in [9.17, 15) is 14.4 Å². The molecule has 0 unspecified atom stereocenters. The lowest BCUT2D eigenvalue weighted by Gasteiger charge is -2.36. The molecule has 1 aromatic rings. The molecule has 0 spiro atoms. The molecule has 0 saturated heterocycles. The standard InChI is InChI=1S/C21H29NO5/c1-13(2)18-10-5-14(3)11-19(18)27-20(24)12-26-21(25)16-6-8-17(9-7-16)22-15(4)23/h6-9,13-14,18-19H,5,10-12H2,1-4H3,(H,22,23)/t14-,18+,19-/m0/s1. The van der Waals surface area contributed by atoms with Crippen molar-refractivity contribution in [3.05, 3.63) is 29.8 Å². The molecule has 148 valence electrons. The molecule has 0 heterocycles. The van der Waals surface area contributed by atoms with Crippen molar-refractivity contribution in [2.75, 3.05) is 11.9 Å². The molecule has 1 aliphatic carbocycles. The van der Waals surface area contributed by atoms with Gasteiger partial charge in [-0.3, -0.25) is 4.79 Å². The van der Waals surface area contributed by atoms with Gasteiger partial charge in [0, 0.05) is 12.6 Å². The Morgan fingerprint density at radius 1 is 1.15 bits per heavy atom. The molecule has 0 aliphatic heterocycles. The van der Waals surface area contributed by atoms with E-state index in [2.05, 4.69) is 26.1 Å². The summed E-state index contributed by atoms with van der Waals surface area (Å²) in [5.41, 5.74) is 0.896. The summed E-state index contributed by atoms with van der Waals surface area (Å²) in [5, 5.41) is 2.62. The summed E-state index contributed by atoms with van der Waals surface area (Å²) < 4.78 is 10.7. The summed E-state index contributed by atoms with van der Waals surface area (Å²) in [6.07, 6.45) is 2.95. The van der Waals surface area contributed by atoms with Gasteiger partial charge in [-0.05, 0) is 54.9 Å². The molecule has 6 heteroatoms. The fourth-order valence-electron chi connectivity index (χ4n) is 3.55. The van der Waals surface area contributed by atoms with Gasteiger partial charge in [-0.15, -0.1) is 0 Å². The predicted molar refractivity (Wildman–Crippen MR) is 102 cm³/mol. The number of ether oxygens (including phenoxy) is 2. The number of anilines is 1. The molecule has 2 rings (SSSR count). The fraction of sp³-hybridized carbons (Fsp3) is 0.571. The lowest BCUT2D eigenvalue weighted by Crippen LogP contribution is -2.36. The first-order valence-corrected chi connectivity index (χ1v) is 9.50. The zero-order valence-corrected chi connectivity index (χ0v) is 16.5. The minimum Gasteiger partial charge on any atom is -0.460 e. The zero-order chi connectivity index (χ0) is 20.0. The molecular formula is C21H29NO5. The van der Waals surface area contributed by atoms with E-state index in [-0.39, 0.29) is 12.0 Å². The van der Waals surface area contributed by atoms with Gasteiger partial charge in [-0.1, -0.05) is 27.2 Å². The first-order chi connectivity index (χ1) is 12.8. The van der Waals surface area contributed by atoms with Crippen LogP contribution in [0.4, 0.5) is 5.69 Å². The van der Waals surface area contributed by atoms with E-state index in [0.717, 1.165) is 19.3 Å². The molecule has 1 saturated carbocycles. The first kappa shape index (κ1) is 20.9. The number of nitrogens with one attached hydrogen (secondary N) is 1. The second kappa shape index (κ2) is 9.53. The SMILES string of the molecule is CC(=O)Nc1ccc(C(=O)OCC(=O)O[C@H]2C[C@@H](C)CC[C@@H]2C(C)C)cc1. The number of carbonyl (C=O) groups is 3. The Labute approximate surface area is 160 Å². The Balaban J connectivity index is 1.85. The Hall–Kier alpha value is -2.37. The molecule has 1 N–H and O–H groups in total. The van der Waals surface area contributed by atoms with Gasteiger partial charge in [0.05, 0.1) is 5.56 Å². The Morgan fingerprint density at radius 2 is 1.81 bits per heavy atom. The van der Waals surface area contributed by atoms with E-state index < -0.39 is 18.5 Å². The largest absolute Gasteiger partial charge is 0.460 e. The van der Waals surface area contributed by atoms with Crippen molar-refractivity contribution >= 4 is 23.5 Å². The summed E-state index contributed by atoms with van der Waals surface area (Å²) in [6, 6.07) is 6.28. The molecule has 3 atom stereocenters. The average Bonchev–Trinajstić information content (AvgIpc) is 2.59.